The molecule has 4 heteroatoms. The van der Waals surface area contributed by atoms with Gasteiger partial charge in [-0.15, -0.1) is 36.6 Å². The lowest BCUT2D eigenvalue weighted by molar-refractivity contribution is 0.839. The Hall–Kier alpha value is 0.210. The molecule has 0 saturated heterocycles. The lowest BCUT2D eigenvalue weighted by Gasteiger charge is -2.05. The van der Waals surface area contributed by atoms with Crippen LogP contribution in [0.1, 0.15) is 12.8 Å². The van der Waals surface area contributed by atoms with Crippen molar-refractivity contribution in [2.24, 2.45) is 0 Å². The van der Waals surface area contributed by atoms with Crippen LogP contribution in [0.25, 0.3) is 0 Å². The van der Waals surface area contributed by atoms with Crippen molar-refractivity contribution in [2.45, 2.75) is 12.8 Å². The summed E-state index contributed by atoms with van der Waals surface area (Å²) in [5.41, 5.74) is 1.46. The minimum absolute atomic E-state index is 0. The zero-order chi connectivity index (χ0) is 6.10. The quantitative estimate of drug-likeness (QED) is 0.662. The second-order valence-electron chi connectivity index (χ2n) is 2.25. The fraction of sp³-hybridized carbons (Fsp3) is 0.429. The van der Waals surface area contributed by atoms with Gasteiger partial charge in [0.1, 0.15) is 0 Å². The molecule has 64 valence electrons. The number of hydrogen-bond donors (Lipinski definition) is 1. The molecule has 1 aliphatic heterocycles. The third-order valence-electron chi connectivity index (χ3n) is 1.64. The molecule has 0 aromatic carbocycles. The van der Waals surface area contributed by atoms with E-state index in [1.165, 1.54) is 23.4 Å². The Morgan fingerprint density at radius 1 is 1.36 bits per heavy atom. The third kappa shape index (κ3) is 2.32. The lowest BCUT2D eigenvalue weighted by Crippen LogP contribution is -2.06. The van der Waals surface area contributed by atoms with Crippen LogP contribution in [0.5, 0.6) is 0 Å². The van der Waals surface area contributed by atoms with Crippen LogP contribution in [0.15, 0.2) is 22.8 Å². The number of allylic oxidation sites excluding steroid dienone is 3. The topological polar surface area (TPSA) is 12.0 Å². The van der Waals surface area contributed by atoms with Gasteiger partial charge in [-0.25, -0.2) is 0 Å². The normalized spacial score (nSPS) is 19.6. The molecule has 0 saturated carbocycles. The van der Waals surface area contributed by atoms with Crippen LogP contribution < -0.4 is 5.32 Å². The molecule has 0 fully saturated rings. The summed E-state index contributed by atoms with van der Waals surface area (Å²) in [6, 6.07) is 0. The standard InChI is InChI=1S/C7H9NS.2ClH/c1-2-4-7-6(3-1)8-5-9-7;;/h2,4,8H,1,3,5H2;2*1H. The summed E-state index contributed by atoms with van der Waals surface area (Å²) in [4.78, 5) is 1.46. The monoisotopic (exact) mass is 211 g/mol. The van der Waals surface area contributed by atoms with Crippen molar-refractivity contribution in [1.82, 2.24) is 5.32 Å². The second-order valence-corrected chi connectivity index (χ2v) is 3.27. The van der Waals surface area contributed by atoms with Crippen LogP contribution in [0.3, 0.4) is 0 Å². The van der Waals surface area contributed by atoms with Crippen LogP contribution in [0.2, 0.25) is 0 Å². The van der Waals surface area contributed by atoms with Gasteiger partial charge in [-0.2, -0.15) is 0 Å². The van der Waals surface area contributed by atoms with Gasteiger partial charge in [0.05, 0.1) is 5.88 Å². The summed E-state index contributed by atoms with van der Waals surface area (Å²) < 4.78 is 0. The van der Waals surface area contributed by atoms with Gasteiger partial charge in [0.15, 0.2) is 0 Å². The van der Waals surface area contributed by atoms with Crippen LogP contribution in [0.4, 0.5) is 0 Å². The van der Waals surface area contributed by atoms with Gasteiger partial charge in [-0.1, -0.05) is 12.2 Å². The summed E-state index contributed by atoms with van der Waals surface area (Å²) in [7, 11) is 0. The molecule has 0 radical (unpaired) electrons. The highest BCUT2D eigenvalue weighted by atomic mass is 35.5. The molecular formula is C7H11Cl2NS. The van der Waals surface area contributed by atoms with Gasteiger partial charge in [-0.3, -0.25) is 0 Å². The maximum absolute atomic E-state index is 3.35. The van der Waals surface area contributed by atoms with E-state index < -0.39 is 0 Å². The van der Waals surface area contributed by atoms with Crippen molar-refractivity contribution < 1.29 is 0 Å². The Morgan fingerprint density at radius 2 is 2.18 bits per heavy atom. The molecule has 0 atom stereocenters. The predicted octanol–water partition coefficient (Wildman–Crippen LogP) is 2.69. The molecule has 1 aliphatic carbocycles. The van der Waals surface area contributed by atoms with Crippen LogP contribution in [-0.4, -0.2) is 5.88 Å². The maximum atomic E-state index is 3.35. The molecule has 2 aliphatic rings. The van der Waals surface area contributed by atoms with Crippen LogP contribution in [0, 0.1) is 0 Å². The van der Waals surface area contributed by atoms with E-state index in [1.807, 2.05) is 11.8 Å². The van der Waals surface area contributed by atoms with Crippen molar-refractivity contribution in [2.75, 3.05) is 5.88 Å². The summed E-state index contributed by atoms with van der Waals surface area (Å²) >= 11 is 1.91. The molecule has 0 amide bonds. The molecule has 11 heavy (non-hydrogen) atoms. The first-order valence-electron chi connectivity index (χ1n) is 3.23. The van der Waals surface area contributed by atoms with Gasteiger partial charge in [0.2, 0.25) is 0 Å². The highest BCUT2D eigenvalue weighted by molar-refractivity contribution is 8.03. The van der Waals surface area contributed by atoms with Gasteiger partial charge < -0.3 is 5.32 Å². The van der Waals surface area contributed by atoms with Crippen molar-refractivity contribution >= 4 is 36.6 Å². The van der Waals surface area contributed by atoms with E-state index in [0.717, 1.165) is 5.88 Å². The fourth-order valence-electron chi connectivity index (χ4n) is 1.15. The first kappa shape index (κ1) is 11.2. The second kappa shape index (κ2) is 4.96. The molecular weight excluding hydrogens is 201 g/mol. The average Bonchev–Trinajstić information content (AvgIpc) is 2.33. The Bertz CT molecular complexity index is 189. The van der Waals surface area contributed by atoms with E-state index in [1.54, 1.807) is 0 Å². The van der Waals surface area contributed by atoms with E-state index in [9.17, 15) is 0 Å². The summed E-state index contributed by atoms with van der Waals surface area (Å²) in [6.07, 6.45) is 6.91. The summed E-state index contributed by atoms with van der Waals surface area (Å²) in [5, 5.41) is 3.35. The molecule has 1 nitrogen and oxygen atoms in total. The molecule has 0 bridgehead atoms. The number of hydrogen-bond acceptors (Lipinski definition) is 2. The fourth-order valence-corrected chi connectivity index (χ4v) is 2.10. The molecule has 2 rings (SSSR count). The molecule has 0 aromatic rings. The van der Waals surface area contributed by atoms with E-state index in [4.69, 9.17) is 0 Å². The van der Waals surface area contributed by atoms with Crippen LogP contribution >= 0.6 is 36.6 Å². The van der Waals surface area contributed by atoms with E-state index in [2.05, 4.69) is 17.5 Å². The number of halogens is 2. The first-order chi connectivity index (χ1) is 4.47. The number of rotatable bonds is 0. The summed E-state index contributed by atoms with van der Waals surface area (Å²) in [6.45, 7) is 0. The largest absolute Gasteiger partial charge is 0.378 e. The molecule has 1 heterocycles. The Balaban J connectivity index is 0.000000500. The minimum Gasteiger partial charge on any atom is -0.378 e. The van der Waals surface area contributed by atoms with Gasteiger partial charge in [0, 0.05) is 10.6 Å². The smallest absolute Gasteiger partial charge is 0.0655 e. The van der Waals surface area contributed by atoms with Gasteiger partial charge in [-0.05, 0) is 12.8 Å². The average molecular weight is 212 g/mol. The molecule has 1 N–H and O–H groups in total. The Labute approximate surface area is 83.5 Å². The van der Waals surface area contributed by atoms with E-state index in [-0.39, 0.29) is 24.8 Å². The number of thioether (sulfide) groups is 1. The van der Waals surface area contributed by atoms with Gasteiger partial charge in [0.25, 0.3) is 0 Å². The van der Waals surface area contributed by atoms with E-state index in [0.29, 0.717) is 0 Å². The van der Waals surface area contributed by atoms with Crippen molar-refractivity contribution in [3.8, 4) is 0 Å². The summed E-state index contributed by atoms with van der Waals surface area (Å²) in [5.74, 6) is 1.08. The highest BCUT2D eigenvalue weighted by Crippen LogP contribution is 2.30. The van der Waals surface area contributed by atoms with Crippen molar-refractivity contribution in [3.05, 3.63) is 22.8 Å². The SMILES string of the molecule is C1=CC2=C(CC1)NCS2.Cl.Cl. The zero-order valence-corrected chi connectivity index (χ0v) is 8.45. The predicted molar refractivity (Wildman–Crippen MR) is 55.5 cm³/mol. The maximum Gasteiger partial charge on any atom is 0.0655 e. The Morgan fingerprint density at radius 3 is 2.91 bits per heavy atom. The molecule has 0 aromatic heterocycles. The lowest BCUT2D eigenvalue weighted by atomic mass is 10.1. The Kier molecular flexibility index (Phi) is 5.06. The zero-order valence-electron chi connectivity index (χ0n) is 6.00. The number of nitrogens with one attached hydrogen (secondary N) is 1. The molecule has 0 unspecified atom stereocenters. The minimum atomic E-state index is 0. The van der Waals surface area contributed by atoms with Gasteiger partial charge >= 0.3 is 0 Å². The van der Waals surface area contributed by atoms with Crippen LogP contribution in [-0.2, 0) is 0 Å². The van der Waals surface area contributed by atoms with Crippen molar-refractivity contribution in [3.63, 3.8) is 0 Å². The van der Waals surface area contributed by atoms with E-state index >= 15 is 0 Å². The first-order valence-corrected chi connectivity index (χ1v) is 4.22. The third-order valence-corrected chi connectivity index (χ3v) is 2.62. The molecule has 0 spiro atoms. The highest BCUT2D eigenvalue weighted by Gasteiger charge is 2.13. The van der Waals surface area contributed by atoms with Crippen molar-refractivity contribution in [1.29, 1.82) is 0 Å².